The number of nitrogen functional groups attached to an aromatic ring is 1. The van der Waals surface area contributed by atoms with Crippen molar-refractivity contribution in [3.8, 4) is 11.1 Å². The van der Waals surface area contributed by atoms with Crippen LogP contribution in [0.15, 0.2) is 91.9 Å². The average molecular weight is 545 g/mol. The molecule has 210 valence electrons. The summed E-state index contributed by atoms with van der Waals surface area (Å²) >= 11 is 0. The Labute approximate surface area is 243 Å². The molecule has 6 nitrogen and oxygen atoms in total. The van der Waals surface area contributed by atoms with E-state index in [1.54, 1.807) is 0 Å². The van der Waals surface area contributed by atoms with Crippen molar-refractivity contribution < 1.29 is 0 Å². The van der Waals surface area contributed by atoms with E-state index in [-0.39, 0.29) is 0 Å². The molecule has 4 heterocycles. The van der Waals surface area contributed by atoms with E-state index in [1.165, 1.54) is 16.8 Å². The zero-order valence-corrected chi connectivity index (χ0v) is 24.4. The molecule has 0 aliphatic carbocycles. The number of anilines is 2. The van der Waals surface area contributed by atoms with Gasteiger partial charge in [0.15, 0.2) is 0 Å². The second kappa shape index (κ2) is 12.8. The number of rotatable bonds is 7. The fourth-order valence-electron chi connectivity index (χ4n) is 5.36. The lowest BCUT2D eigenvalue weighted by Crippen LogP contribution is -2.44. The number of aryl methyl sites for hydroxylation is 2. The molecular formula is C35H40N6. The van der Waals surface area contributed by atoms with E-state index in [9.17, 15) is 0 Å². The largest absolute Gasteiger partial charge is 0.398 e. The highest BCUT2D eigenvalue weighted by atomic mass is 15.2. The van der Waals surface area contributed by atoms with Gasteiger partial charge >= 0.3 is 0 Å². The number of nitrogens with two attached hydrogens (primary N) is 1. The number of pyridine rings is 2. The second-order valence-electron chi connectivity index (χ2n) is 10.4. The van der Waals surface area contributed by atoms with Gasteiger partial charge in [-0.25, -0.2) is 4.98 Å². The number of piperazine rings is 1. The van der Waals surface area contributed by atoms with Gasteiger partial charge in [-0.05, 0) is 66.9 Å². The quantitative estimate of drug-likeness (QED) is 0.220. The highest BCUT2D eigenvalue weighted by Crippen LogP contribution is 2.34. The van der Waals surface area contributed by atoms with Crippen molar-refractivity contribution in [2.45, 2.75) is 26.7 Å². The SMILES string of the molecule is C=C(c1cc2c(N3CCN(C)CC3)ccnc2[nH]1)c1cc(-c2cncc(CCc3ccccc3)c2)ccc1N.CC. The van der Waals surface area contributed by atoms with Crippen LogP contribution in [0.2, 0.25) is 0 Å². The molecule has 3 N–H and O–H groups in total. The molecule has 0 saturated carbocycles. The molecule has 0 atom stereocenters. The van der Waals surface area contributed by atoms with E-state index in [1.807, 2.05) is 38.5 Å². The van der Waals surface area contributed by atoms with Gasteiger partial charge in [-0.3, -0.25) is 4.98 Å². The van der Waals surface area contributed by atoms with Gasteiger partial charge in [0, 0.05) is 83.9 Å². The summed E-state index contributed by atoms with van der Waals surface area (Å²) in [6, 6.07) is 23.2. The first-order valence-electron chi connectivity index (χ1n) is 14.5. The van der Waals surface area contributed by atoms with Crippen LogP contribution in [0.5, 0.6) is 0 Å². The van der Waals surface area contributed by atoms with Crippen molar-refractivity contribution in [1.29, 1.82) is 0 Å². The summed E-state index contributed by atoms with van der Waals surface area (Å²) < 4.78 is 0. The minimum Gasteiger partial charge on any atom is -0.398 e. The third-order valence-corrected chi connectivity index (χ3v) is 7.73. The first kappa shape index (κ1) is 28.1. The van der Waals surface area contributed by atoms with Crippen LogP contribution >= 0.6 is 0 Å². The first-order chi connectivity index (χ1) is 20.0. The first-order valence-corrected chi connectivity index (χ1v) is 14.5. The van der Waals surface area contributed by atoms with E-state index >= 15 is 0 Å². The van der Waals surface area contributed by atoms with Crippen LogP contribution < -0.4 is 10.6 Å². The number of nitrogens with zero attached hydrogens (tertiary/aromatic N) is 4. The number of aromatic nitrogens is 3. The van der Waals surface area contributed by atoms with Crippen molar-refractivity contribution in [2.75, 3.05) is 43.9 Å². The Morgan fingerprint density at radius 2 is 1.63 bits per heavy atom. The Balaban J connectivity index is 0.00000165. The van der Waals surface area contributed by atoms with Crippen LogP contribution in [-0.2, 0) is 12.8 Å². The summed E-state index contributed by atoms with van der Waals surface area (Å²) in [7, 11) is 2.17. The van der Waals surface area contributed by atoms with E-state index < -0.39 is 0 Å². The molecule has 6 rings (SSSR count). The van der Waals surface area contributed by atoms with Crippen LogP contribution in [0, 0.1) is 0 Å². The van der Waals surface area contributed by atoms with E-state index in [0.717, 1.165) is 78.0 Å². The number of fused-ring (bicyclic) bond motifs is 1. The fraction of sp³-hybridized carbons (Fsp3) is 0.257. The summed E-state index contributed by atoms with van der Waals surface area (Å²) in [4.78, 5) is 17.5. The molecule has 1 aliphatic rings. The van der Waals surface area contributed by atoms with Crippen LogP contribution in [0.4, 0.5) is 11.4 Å². The van der Waals surface area contributed by atoms with Gasteiger partial charge in [-0.15, -0.1) is 0 Å². The molecule has 0 unspecified atom stereocenters. The maximum atomic E-state index is 6.48. The summed E-state index contributed by atoms with van der Waals surface area (Å²) in [5, 5.41) is 1.11. The molecule has 1 fully saturated rings. The number of aromatic amines is 1. The van der Waals surface area contributed by atoms with E-state index in [4.69, 9.17) is 5.73 Å². The highest BCUT2D eigenvalue weighted by Gasteiger charge is 2.19. The topological polar surface area (TPSA) is 74.1 Å². The van der Waals surface area contributed by atoms with Gasteiger partial charge in [0.1, 0.15) is 5.65 Å². The second-order valence-corrected chi connectivity index (χ2v) is 10.4. The number of hydrogen-bond acceptors (Lipinski definition) is 5. The summed E-state index contributed by atoms with van der Waals surface area (Å²) in [5.41, 5.74) is 16.6. The van der Waals surface area contributed by atoms with Crippen LogP contribution in [0.25, 0.3) is 27.7 Å². The van der Waals surface area contributed by atoms with E-state index in [0.29, 0.717) is 5.69 Å². The van der Waals surface area contributed by atoms with Crippen LogP contribution in [0.3, 0.4) is 0 Å². The molecule has 5 aromatic rings. The Morgan fingerprint density at radius 1 is 0.878 bits per heavy atom. The van der Waals surface area contributed by atoms with Gasteiger partial charge in [0.25, 0.3) is 0 Å². The number of H-pyrrole nitrogens is 1. The van der Waals surface area contributed by atoms with Crippen molar-refractivity contribution in [3.05, 3.63) is 114 Å². The van der Waals surface area contributed by atoms with Crippen molar-refractivity contribution in [2.24, 2.45) is 0 Å². The maximum Gasteiger partial charge on any atom is 0.139 e. The smallest absolute Gasteiger partial charge is 0.139 e. The summed E-state index contributed by atoms with van der Waals surface area (Å²) in [6.07, 6.45) is 7.68. The molecule has 1 saturated heterocycles. The van der Waals surface area contributed by atoms with Crippen LogP contribution in [-0.4, -0.2) is 53.1 Å². The lowest BCUT2D eigenvalue weighted by atomic mass is 9.96. The molecule has 2 aromatic carbocycles. The van der Waals surface area contributed by atoms with Gasteiger partial charge in [0.05, 0.1) is 0 Å². The number of hydrogen-bond donors (Lipinski definition) is 2. The van der Waals surface area contributed by atoms with Crippen LogP contribution in [0.1, 0.15) is 36.2 Å². The van der Waals surface area contributed by atoms with Gasteiger partial charge in [-0.1, -0.05) is 56.8 Å². The third-order valence-electron chi connectivity index (χ3n) is 7.73. The standard InChI is InChI=1S/C33H34N6.C2H6/c1-23(31-20-29-32(12-13-36-33(29)37-31)39-16-14-38(2)15-17-39)28-19-26(10-11-30(28)34)27-18-25(21-35-22-27)9-8-24-6-4-3-5-7-24;1-2/h3-7,10-13,18-22H,1,8-9,14-17,34H2,2H3,(H,36,37);1-2H3. The normalized spacial score (nSPS) is 13.6. The van der Waals surface area contributed by atoms with Gasteiger partial charge < -0.3 is 20.5 Å². The number of benzene rings is 2. The highest BCUT2D eigenvalue weighted by molar-refractivity contribution is 5.96. The molecule has 3 aromatic heterocycles. The molecule has 0 amide bonds. The number of likely N-dealkylation sites (N-methyl/N-ethyl adjacent to an activating group) is 1. The zero-order chi connectivity index (χ0) is 28.8. The molecule has 0 bridgehead atoms. The van der Waals surface area contributed by atoms with Crippen molar-refractivity contribution >= 4 is 28.0 Å². The monoisotopic (exact) mass is 544 g/mol. The van der Waals surface area contributed by atoms with E-state index in [2.05, 4.69) is 99.0 Å². The zero-order valence-electron chi connectivity index (χ0n) is 24.4. The molecule has 0 spiro atoms. The average Bonchev–Trinajstić information content (AvgIpc) is 3.47. The lowest BCUT2D eigenvalue weighted by Gasteiger charge is -2.34. The minimum atomic E-state index is 0.697. The molecule has 41 heavy (non-hydrogen) atoms. The van der Waals surface area contributed by atoms with Crippen molar-refractivity contribution in [1.82, 2.24) is 19.9 Å². The summed E-state index contributed by atoms with van der Waals surface area (Å²) in [6.45, 7) is 12.6. The minimum absolute atomic E-state index is 0.697. The Morgan fingerprint density at radius 3 is 2.41 bits per heavy atom. The summed E-state index contributed by atoms with van der Waals surface area (Å²) in [5.74, 6) is 0. The van der Waals surface area contributed by atoms with Crippen molar-refractivity contribution in [3.63, 3.8) is 0 Å². The predicted octanol–water partition coefficient (Wildman–Crippen LogP) is 6.83. The van der Waals surface area contributed by atoms with Gasteiger partial charge in [-0.2, -0.15) is 0 Å². The van der Waals surface area contributed by atoms with Gasteiger partial charge in [0.2, 0.25) is 0 Å². The molecule has 6 heteroatoms. The fourth-order valence-corrected chi connectivity index (χ4v) is 5.36. The number of nitrogens with one attached hydrogen (secondary N) is 1. The molecule has 1 aliphatic heterocycles. The lowest BCUT2D eigenvalue weighted by molar-refractivity contribution is 0.313. The maximum absolute atomic E-state index is 6.48. The Hall–Kier alpha value is -4.42. The third kappa shape index (κ3) is 6.34. The Bertz CT molecular complexity index is 1610. The molecular weight excluding hydrogens is 504 g/mol. The predicted molar refractivity (Wildman–Crippen MR) is 173 cm³/mol. The Kier molecular flexibility index (Phi) is 8.80. The molecule has 0 radical (unpaired) electrons.